The van der Waals surface area contributed by atoms with E-state index < -0.39 is 16.6 Å². The zero-order chi connectivity index (χ0) is 18.7. The van der Waals surface area contributed by atoms with Gasteiger partial charge in [-0.3, -0.25) is 9.59 Å². The highest BCUT2D eigenvalue weighted by Crippen LogP contribution is 2.28. The van der Waals surface area contributed by atoms with E-state index in [4.69, 9.17) is 22.2 Å². The summed E-state index contributed by atoms with van der Waals surface area (Å²) in [7, 11) is 0. The van der Waals surface area contributed by atoms with Crippen molar-refractivity contribution in [2.45, 2.75) is 17.8 Å². The molecule has 0 spiro atoms. The van der Waals surface area contributed by atoms with Gasteiger partial charge in [0, 0.05) is 10.6 Å². The molecule has 0 radical (unpaired) electrons. The van der Waals surface area contributed by atoms with E-state index in [0.717, 1.165) is 17.3 Å². The lowest BCUT2D eigenvalue weighted by Gasteiger charge is -2.14. The molecule has 1 aliphatic heterocycles. The van der Waals surface area contributed by atoms with Gasteiger partial charge in [0.1, 0.15) is 18.5 Å². The Kier molecular flexibility index (Phi) is 5.83. The molecular formula is C18H17ClN2O4S. The van der Waals surface area contributed by atoms with Crippen molar-refractivity contribution >= 4 is 34.5 Å². The molecule has 1 fully saturated rings. The molecule has 26 heavy (non-hydrogen) atoms. The third-order valence-electron chi connectivity index (χ3n) is 3.97. The van der Waals surface area contributed by atoms with Crippen LogP contribution in [0.4, 0.5) is 4.79 Å². The van der Waals surface area contributed by atoms with Crippen LogP contribution >= 0.6 is 23.4 Å². The number of hydrogen-bond acceptors (Lipinski definition) is 6. The third kappa shape index (κ3) is 4.19. The Bertz CT molecular complexity index is 815. The van der Waals surface area contributed by atoms with Gasteiger partial charge in [-0.2, -0.15) is 0 Å². The first-order valence-electron chi connectivity index (χ1n) is 7.89. The number of carbonyl (C=O) groups is 2. The number of imide groups is 1. The maximum absolute atomic E-state index is 11.8. The Morgan fingerprint density at radius 3 is 2.50 bits per heavy atom. The van der Waals surface area contributed by atoms with Gasteiger partial charge >= 0.3 is 5.24 Å². The molecule has 1 heterocycles. The van der Waals surface area contributed by atoms with Gasteiger partial charge in [0.15, 0.2) is 0 Å². The number of halogens is 1. The Morgan fingerprint density at radius 2 is 1.88 bits per heavy atom. The lowest BCUT2D eigenvalue weighted by atomic mass is 10.1. The number of amides is 2. The molecule has 2 aromatic carbocycles. The minimum atomic E-state index is -0.836. The van der Waals surface area contributed by atoms with Gasteiger partial charge in [-0.25, -0.2) is 10.9 Å². The fourth-order valence-corrected chi connectivity index (χ4v) is 3.75. The van der Waals surface area contributed by atoms with Gasteiger partial charge in [-0.15, -0.1) is 0 Å². The molecule has 0 bridgehead atoms. The summed E-state index contributed by atoms with van der Waals surface area (Å²) >= 11 is 6.98. The zero-order valence-corrected chi connectivity index (χ0v) is 15.2. The van der Waals surface area contributed by atoms with Gasteiger partial charge < -0.3 is 9.84 Å². The normalized spacial score (nSPS) is 18.3. The monoisotopic (exact) mass is 392 g/mol. The summed E-state index contributed by atoms with van der Waals surface area (Å²) in [5.41, 5.74) is 1.50. The molecule has 2 amide bonds. The molecule has 0 saturated carbocycles. The largest absolute Gasteiger partial charge is 0.491 e. The van der Waals surface area contributed by atoms with Crippen LogP contribution in [0.5, 0.6) is 5.75 Å². The molecular weight excluding hydrogens is 376 g/mol. The van der Waals surface area contributed by atoms with Crippen LogP contribution in [0.25, 0.3) is 0 Å². The van der Waals surface area contributed by atoms with Crippen molar-refractivity contribution in [1.82, 2.24) is 5.01 Å². The van der Waals surface area contributed by atoms with Crippen LogP contribution in [0.3, 0.4) is 0 Å². The summed E-state index contributed by atoms with van der Waals surface area (Å²) in [6.07, 6.45) is -0.428. The lowest BCUT2D eigenvalue weighted by molar-refractivity contribution is -0.126. The number of hydrazine groups is 1. The first-order valence-corrected chi connectivity index (χ1v) is 9.15. The molecule has 3 N–H and O–H groups in total. The lowest BCUT2D eigenvalue weighted by Crippen LogP contribution is -2.37. The minimum absolute atomic E-state index is 0.0661. The zero-order valence-electron chi connectivity index (χ0n) is 13.7. The predicted molar refractivity (Wildman–Crippen MR) is 99.9 cm³/mol. The average Bonchev–Trinajstić information content (AvgIpc) is 2.88. The molecule has 6 nitrogen and oxygen atoms in total. The fraction of sp³-hybridized carbons (Fsp3) is 0.222. The number of hydrogen-bond donors (Lipinski definition) is 2. The highest BCUT2D eigenvalue weighted by Gasteiger charge is 2.37. The van der Waals surface area contributed by atoms with E-state index in [1.54, 1.807) is 36.4 Å². The number of aliphatic hydroxyl groups excluding tert-OH is 1. The van der Waals surface area contributed by atoms with Gasteiger partial charge in [0.2, 0.25) is 0 Å². The molecule has 2 aromatic rings. The summed E-state index contributed by atoms with van der Waals surface area (Å²) in [6.45, 7) is 0.0661. The Labute approximate surface area is 159 Å². The molecule has 136 valence electrons. The van der Waals surface area contributed by atoms with Crippen molar-refractivity contribution in [2.75, 3.05) is 6.61 Å². The molecule has 1 saturated heterocycles. The molecule has 0 aliphatic carbocycles. The number of nitrogens with zero attached hydrogens (tertiary/aromatic N) is 1. The average molecular weight is 393 g/mol. The molecule has 3 rings (SSSR count). The summed E-state index contributed by atoms with van der Waals surface area (Å²) in [4.78, 5) is 23.2. The van der Waals surface area contributed by atoms with Crippen molar-refractivity contribution in [3.8, 4) is 5.75 Å². The fourth-order valence-electron chi connectivity index (χ4n) is 2.55. The smallest absolute Gasteiger partial charge is 0.303 e. The topological polar surface area (TPSA) is 92.9 Å². The van der Waals surface area contributed by atoms with Crippen LogP contribution in [0.2, 0.25) is 5.02 Å². The van der Waals surface area contributed by atoms with Crippen LogP contribution in [0.1, 0.15) is 17.2 Å². The number of benzene rings is 2. The second kappa shape index (κ2) is 8.09. The Balaban J connectivity index is 1.56. The molecule has 0 aromatic heterocycles. The molecule has 8 heteroatoms. The highest BCUT2D eigenvalue weighted by molar-refractivity contribution is 8.15. The van der Waals surface area contributed by atoms with Crippen LogP contribution in [-0.2, 0) is 11.2 Å². The first-order chi connectivity index (χ1) is 12.5. The predicted octanol–water partition coefficient (Wildman–Crippen LogP) is 2.93. The number of thioether (sulfide) groups is 1. The van der Waals surface area contributed by atoms with Gasteiger partial charge in [-0.05, 0) is 41.9 Å². The van der Waals surface area contributed by atoms with Gasteiger partial charge in [0.25, 0.3) is 5.91 Å². The van der Waals surface area contributed by atoms with Crippen molar-refractivity contribution in [1.29, 1.82) is 0 Å². The van der Waals surface area contributed by atoms with E-state index >= 15 is 0 Å². The highest BCUT2D eigenvalue weighted by atomic mass is 35.5. The van der Waals surface area contributed by atoms with Crippen LogP contribution in [-0.4, -0.2) is 33.1 Å². The summed E-state index contributed by atoms with van der Waals surface area (Å²) < 4.78 is 5.59. The number of carbonyl (C=O) groups excluding carboxylic acids is 2. The number of nitrogens with two attached hydrogens (primary N) is 1. The van der Waals surface area contributed by atoms with Crippen LogP contribution in [0, 0.1) is 0 Å². The molecule has 1 unspecified atom stereocenters. The second-order valence-electron chi connectivity index (χ2n) is 5.78. The quantitative estimate of drug-likeness (QED) is 0.580. The van der Waals surface area contributed by atoms with Gasteiger partial charge in [-0.1, -0.05) is 41.9 Å². The Morgan fingerprint density at radius 1 is 1.19 bits per heavy atom. The summed E-state index contributed by atoms with van der Waals surface area (Å²) in [6, 6.07) is 14.2. The van der Waals surface area contributed by atoms with Crippen molar-refractivity contribution in [2.24, 2.45) is 5.84 Å². The third-order valence-corrected chi connectivity index (χ3v) is 5.36. The van der Waals surface area contributed by atoms with Crippen molar-refractivity contribution < 1.29 is 19.4 Å². The van der Waals surface area contributed by atoms with E-state index in [1.807, 2.05) is 12.1 Å². The minimum Gasteiger partial charge on any atom is -0.491 e. The maximum Gasteiger partial charge on any atom is 0.303 e. The second-order valence-corrected chi connectivity index (χ2v) is 7.34. The van der Waals surface area contributed by atoms with Gasteiger partial charge in [0.05, 0.1) is 5.25 Å². The van der Waals surface area contributed by atoms with Crippen LogP contribution in [0.15, 0.2) is 48.5 Å². The van der Waals surface area contributed by atoms with Crippen molar-refractivity contribution in [3.63, 3.8) is 0 Å². The van der Waals surface area contributed by atoms with Crippen molar-refractivity contribution in [3.05, 3.63) is 64.7 Å². The molecule has 2 atom stereocenters. The maximum atomic E-state index is 11.8. The number of rotatable bonds is 6. The van der Waals surface area contributed by atoms with E-state index in [1.165, 1.54) is 0 Å². The SMILES string of the molecule is NN1C(=O)SC(Cc2ccc(OC[C@H](O)c3ccccc3Cl)cc2)C1=O. The number of ether oxygens (including phenoxy) is 1. The van der Waals surface area contributed by atoms with E-state index in [2.05, 4.69) is 0 Å². The van der Waals surface area contributed by atoms with E-state index in [0.29, 0.717) is 27.8 Å². The van der Waals surface area contributed by atoms with E-state index in [9.17, 15) is 14.7 Å². The van der Waals surface area contributed by atoms with Crippen LogP contribution < -0.4 is 10.6 Å². The summed E-state index contributed by atoms with van der Waals surface area (Å²) in [5.74, 6) is 5.58. The number of aliphatic hydroxyl groups is 1. The Hall–Kier alpha value is -2.06. The molecule has 1 aliphatic rings. The first kappa shape index (κ1) is 18.7. The summed E-state index contributed by atoms with van der Waals surface area (Å²) in [5, 5.41) is 10.4. The standard InChI is InChI=1S/C18H17ClN2O4S/c19-14-4-2-1-3-13(14)15(22)10-25-12-7-5-11(6-8-12)9-16-17(23)21(20)18(24)26-16/h1-8,15-16,22H,9-10,20H2/t15-,16?/m0/s1. The van der Waals surface area contributed by atoms with E-state index in [-0.39, 0.29) is 12.5 Å².